The summed E-state index contributed by atoms with van der Waals surface area (Å²) < 4.78 is 33.8. The lowest BCUT2D eigenvalue weighted by Crippen LogP contribution is -2.43. The Morgan fingerprint density at radius 1 is 1.32 bits per heavy atom. The molecule has 0 fully saturated rings. The minimum absolute atomic E-state index is 0.148. The maximum atomic E-state index is 15.2. The predicted molar refractivity (Wildman–Crippen MR) is 86.1 cm³/mol. The molecule has 1 N–H and O–H groups in total. The molecule has 1 heterocycles. The molecular weight excluding hydrogens is 334 g/mol. The van der Waals surface area contributed by atoms with Gasteiger partial charge in [0.25, 0.3) is 5.91 Å². The van der Waals surface area contributed by atoms with Crippen LogP contribution in [0.5, 0.6) is 0 Å². The SMILES string of the molecule is CC(=O)N(CCC1(F)C(=O)Nc2ccc(F)cc21)C(=O)OC(C)(C)C. The number of alkyl halides is 1. The quantitative estimate of drug-likeness (QED) is 0.905. The number of hydrogen-bond acceptors (Lipinski definition) is 4. The number of rotatable bonds is 3. The lowest BCUT2D eigenvalue weighted by Gasteiger charge is -2.27. The number of hydrogen-bond donors (Lipinski definition) is 1. The van der Waals surface area contributed by atoms with Gasteiger partial charge in [-0.3, -0.25) is 9.59 Å². The van der Waals surface area contributed by atoms with Crippen LogP contribution in [0, 0.1) is 5.82 Å². The molecule has 1 aliphatic heterocycles. The van der Waals surface area contributed by atoms with Crippen LogP contribution < -0.4 is 5.32 Å². The van der Waals surface area contributed by atoms with Gasteiger partial charge in [-0.25, -0.2) is 18.5 Å². The van der Waals surface area contributed by atoms with Gasteiger partial charge in [-0.2, -0.15) is 0 Å². The predicted octanol–water partition coefficient (Wildman–Crippen LogP) is 3.12. The van der Waals surface area contributed by atoms with Crippen molar-refractivity contribution in [1.82, 2.24) is 4.90 Å². The van der Waals surface area contributed by atoms with Gasteiger partial charge >= 0.3 is 6.09 Å². The molecule has 8 heteroatoms. The number of fused-ring (bicyclic) bond motifs is 1. The molecule has 2 rings (SSSR count). The van der Waals surface area contributed by atoms with Crippen molar-refractivity contribution >= 4 is 23.6 Å². The molecule has 0 aromatic heterocycles. The van der Waals surface area contributed by atoms with E-state index in [1.54, 1.807) is 20.8 Å². The van der Waals surface area contributed by atoms with Gasteiger partial charge < -0.3 is 10.1 Å². The molecule has 1 unspecified atom stereocenters. The molecule has 6 nitrogen and oxygen atoms in total. The molecule has 1 aromatic carbocycles. The first-order chi connectivity index (χ1) is 11.4. The molecule has 1 atom stereocenters. The number of amides is 3. The zero-order chi connectivity index (χ0) is 19.0. The van der Waals surface area contributed by atoms with Gasteiger partial charge in [0.05, 0.1) is 0 Å². The Morgan fingerprint density at radius 3 is 2.52 bits per heavy atom. The second-order valence-electron chi connectivity index (χ2n) is 6.85. The molecule has 0 spiro atoms. The van der Waals surface area contributed by atoms with Gasteiger partial charge in [0.1, 0.15) is 11.4 Å². The number of imide groups is 1. The molecule has 25 heavy (non-hydrogen) atoms. The van der Waals surface area contributed by atoms with Crippen molar-refractivity contribution in [2.45, 2.75) is 45.4 Å². The Morgan fingerprint density at radius 2 is 1.96 bits per heavy atom. The number of nitrogens with one attached hydrogen (secondary N) is 1. The Labute approximate surface area is 144 Å². The monoisotopic (exact) mass is 354 g/mol. The van der Waals surface area contributed by atoms with Crippen molar-refractivity contribution in [2.24, 2.45) is 0 Å². The second kappa shape index (κ2) is 6.42. The highest BCUT2D eigenvalue weighted by atomic mass is 19.1. The van der Waals surface area contributed by atoms with Crippen LogP contribution in [0.4, 0.5) is 19.3 Å². The summed E-state index contributed by atoms with van der Waals surface area (Å²) in [5, 5.41) is 2.34. The summed E-state index contributed by atoms with van der Waals surface area (Å²) in [4.78, 5) is 36.5. The number of carbonyl (C=O) groups is 3. The minimum Gasteiger partial charge on any atom is -0.443 e. The molecule has 3 amide bonds. The van der Waals surface area contributed by atoms with Crippen LogP contribution in [-0.4, -0.2) is 35.0 Å². The first-order valence-electron chi connectivity index (χ1n) is 7.75. The van der Waals surface area contributed by atoms with Crippen LogP contribution in [-0.2, 0) is 20.0 Å². The first-order valence-corrected chi connectivity index (χ1v) is 7.75. The van der Waals surface area contributed by atoms with E-state index in [-0.39, 0.29) is 17.8 Å². The topological polar surface area (TPSA) is 75.7 Å². The smallest absolute Gasteiger partial charge is 0.417 e. The average Bonchev–Trinajstić information content (AvgIpc) is 2.69. The van der Waals surface area contributed by atoms with E-state index in [4.69, 9.17) is 4.74 Å². The van der Waals surface area contributed by atoms with Gasteiger partial charge in [0.15, 0.2) is 0 Å². The number of nitrogens with zero attached hydrogens (tertiary/aromatic N) is 1. The van der Waals surface area contributed by atoms with Crippen LogP contribution in [0.15, 0.2) is 18.2 Å². The van der Waals surface area contributed by atoms with Crippen molar-refractivity contribution in [3.8, 4) is 0 Å². The molecule has 0 saturated carbocycles. The average molecular weight is 354 g/mol. The van der Waals surface area contributed by atoms with E-state index in [1.165, 1.54) is 6.07 Å². The van der Waals surface area contributed by atoms with E-state index >= 15 is 4.39 Å². The molecule has 0 radical (unpaired) electrons. The van der Waals surface area contributed by atoms with E-state index in [9.17, 15) is 18.8 Å². The summed E-state index contributed by atoms with van der Waals surface area (Å²) in [6.45, 7) is 5.64. The lowest BCUT2D eigenvalue weighted by molar-refractivity contribution is -0.132. The highest BCUT2D eigenvalue weighted by molar-refractivity contribution is 6.05. The van der Waals surface area contributed by atoms with Crippen molar-refractivity contribution in [1.29, 1.82) is 0 Å². The van der Waals surface area contributed by atoms with Crippen molar-refractivity contribution in [3.63, 3.8) is 0 Å². The standard InChI is InChI=1S/C17H20F2N2O4/c1-10(22)21(15(24)25-16(2,3)4)8-7-17(19)12-9-11(18)5-6-13(12)20-14(17)23/h5-6,9H,7-8H2,1-4H3,(H,20,23). The molecule has 0 saturated heterocycles. The van der Waals surface area contributed by atoms with Crippen LogP contribution in [0.1, 0.15) is 39.7 Å². The fourth-order valence-corrected chi connectivity index (χ4v) is 2.51. The zero-order valence-corrected chi connectivity index (χ0v) is 14.5. The summed E-state index contributed by atoms with van der Waals surface area (Å²) in [6, 6.07) is 3.30. The number of halogens is 2. The van der Waals surface area contributed by atoms with Gasteiger partial charge in [-0.1, -0.05) is 0 Å². The third-order valence-corrected chi connectivity index (χ3v) is 3.69. The molecular formula is C17H20F2N2O4. The van der Waals surface area contributed by atoms with Crippen LogP contribution in [0.3, 0.4) is 0 Å². The molecule has 0 aliphatic carbocycles. The van der Waals surface area contributed by atoms with Gasteiger partial charge in [0, 0.05) is 31.1 Å². The molecule has 1 aliphatic rings. The Kier molecular flexibility index (Phi) is 4.83. The largest absolute Gasteiger partial charge is 0.443 e. The van der Waals surface area contributed by atoms with E-state index in [1.807, 2.05) is 0 Å². The van der Waals surface area contributed by atoms with Gasteiger partial charge in [-0.05, 0) is 39.0 Å². The summed E-state index contributed by atoms with van der Waals surface area (Å²) in [6.07, 6.45) is -1.44. The highest BCUT2D eigenvalue weighted by Crippen LogP contribution is 2.42. The number of carbonyl (C=O) groups excluding carboxylic acids is 3. The number of anilines is 1. The maximum absolute atomic E-state index is 15.2. The molecule has 1 aromatic rings. The van der Waals surface area contributed by atoms with E-state index in [0.29, 0.717) is 0 Å². The second-order valence-corrected chi connectivity index (χ2v) is 6.85. The summed E-state index contributed by atoms with van der Waals surface area (Å²) in [5.74, 6) is -2.29. The molecule has 0 bridgehead atoms. The van der Waals surface area contributed by atoms with Crippen LogP contribution in [0.2, 0.25) is 0 Å². The lowest BCUT2D eigenvalue weighted by atomic mass is 9.93. The van der Waals surface area contributed by atoms with E-state index in [0.717, 1.165) is 24.0 Å². The fourth-order valence-electron chi connectivity index (χ4n) is 2.51. The summed E-state index contributed by atoms with van der Waals surface area (Å²) in [7, 11) is 0. The normalized spacial score (nSPS) is 19.2. The van der Waals surface area contributed by atoms with Crippen LogP contribution in [0.25, 0.3) is 0 Å². The summed E-state index contributed by atoms with van der Waals surface area (Å²) >= 11 is 0. The Balaban J connectivity index is 2.21. The van der Waals surface area contributed by atoms with Gasteiger partial charge in [0.2, 0.25) is 11.6 Å². The minimum atomic E-state index is -2.53. The first kappa shape index (κ1) is 18.8. The summed E-state index contributed by atoms with van der Waals surface area (Å²) in [5.41, 5.74) is -3.35. The van der Waals surface area contributed by atoms with Gasteiger partial charge in [-0.15, -0.1) is 0 Å². The zero-order valence-electron chi connectivity index (χ0n) is 14.5. The molecule has 136 valence electrons. The van der Waals surface area contributed by atoms with Crippen LogP contribution >= 0.6 is 0 Å². The Bertz CT molecular complexity index is 730. The van der Waals surface area contributed by atoms with E-state index in [2.05, 4.69) is 5.32 Å². The van der Waals surface area contributed by atoms with E-state index < -0.39 is 41.4 Å². The maximum Gasteiger partial charge on any atom is 0.417 e. The number of ether oxygens (including phenoxy) is 1. The van der Waals surface area contributed by atoms with Crippen molar-refractivity contribution in [2.75, 3.05) is 11.9 Å². The van der Waals surface area contributed by atoms with Crippen molar-refractivity contribution in [3.05, 3.63) is 29.6 Å². The fraction of sp³-hybridized carbons (Fsp3) is 0.471. The Hall–Kier alpha value is -2.51. The highest BCUT2D eigenvalue weighted by Gasteiger charge is 2.48. The number of benzene rings is 1. The van der Waals surface area contributed by atoms with Crippen molar-refractivity contribution < 1.29 is 27.9 Å². The third kappa shape index (κ3) is 3.94. The third-order valence-electron chi connectivity index (χ3n) is 3.69.